The second kappa shape index (κ2) is 7.93. The first-order valence-electron chi connectivity index (χ1n) is 9.78. The average Bonchev–Trinajstić information content (AvgIpc) is 3.48. The van der Waals surface area contributed by atoms with E-state index in [9.17, 15) is 14.9 Å². The molecule has 0 aliphatic rings. The Balaban J connectivity index is 1.34. The van der Waals surface area contributed by atoms with E-state index in [2.05, 4.69) is 15.3 Å². The molecule has 0 bridgehead atoms. The van der Waals surface area contributed by atoms with Crippen LogP contribution in [0.3, 0.4) is 0 Å². The van der Waals surface area contributed by atoms with Crippen LogP contribution in [0.25, 0.3) is 33.7 Å². The van der Waals surface area contributed by atoms with Crippen LogP contribution in [0.15, 0.2) is 83.7 Å². The quantitative estimate of drug-likeness (QED) is 0.266. The van der Waals surface area contributed by atoms with Crippen molar-refractivity contribution in [1.29, 1.82) is 0 Å². The molecule has 5 rings (SSSR count). The Labute approximate surface area is 185 Å². The highest BCUT2D eigenvalue weighted by atomic mass is 16.6. The molecule has 5 aromatic rings. The summed E-state index contributed by atoms with van der Waals surface area (Å²) in [5, 5.41) is 22.4. The lowest BCUT2D eigenvalue weighted by Gasteiger charge is -2.07. The van der Waals surface area contributed by atoms with Crippen molar-refractivity contribution < 1.29 is 24.5 Å². The molecular formula is C23H16N5O5+. The topological polar surface area (TPSA) is 133 Å². The van der Waals surface area contributed by atoms with Gasteiger partial charge >= 0.3 is 5.69 Å². The smallest absolute Gasteiger partial charge is 0.318 e. The molecule has 2 aromatic heterocycles. The summed E-state index contributed by atoms with van der Waals surface area (Å²) in [6, 6.07) is 17.9. The summed E-state index contributed by atoms with van der Waals surface area (Å²) in [6.45, 7) is 0. The molecule has 0 spiro atoms. The molecule has 0 aliphatic carbocycles. The zero-order chi connectivity index (χ0) is 22.9. The van der Waals surface area contributed by atoms with Crippen LogP contribution in [-0.2, 0) is 0 Å². The number of aromatic nitrogens is 3. The second-order valence-electron chi connectivity index (χ2n) is 7.17. The number of nitrogens with zero attached hydrogens (tertiary/aromatic N) is 4. The van der Waals surface area contributed by atoms with E-state index in [0.29, 0.717) is 28.1 Å². The maximum absolute atomic E-state index is 12.6. The molecule has 1 amide bonds. The number of oxazole rings is 1. The fourth-order valence-electron chi connectivity index (χ4n) is 3.41. The standard InChI is InChI=1S/C23H15N5O5/c29-23(16-3-1-14(2-4-16)21-12-24-13-33-21)25-17-7-5-15(6-8-17)22-26-19-10-9-18(28(31)32)11-20(19)27(22)30/h1-13,30H,(H-,25,26,29,31,32)/p+1. The Morgan fingerprint density at radius 2 is 1.73 bits per heavy atom. The van der Waals surface area contributed by atoms with Crippen molar-refractivity contribution in [1.82, 2.24) is 14.7 Å². The van der Waals surface area contributed by atoms with E-state index in [4.69, 9.17) is 9.62 Å². The van der Waals surface area contributed by atoms with E-state index < -0.39 is 0 Å². The van der Waals surface area contributed by atoms with Crippen LogP contribution in [0, 0.1) is 4.91 Å². The van der Waals surface area contributed by atoms with Crippen LogP contribution in [0.1, 0.15) is 10.4 Å². The van der Waals surface area contributed by atoms with E-state index in [0.717, 1.165) is 10.3 Å². The summed E-state index contributed by atoms with van der Waals surface area (Å²) >= 11 is 0. The van der Waals surface area contributed by atoms with Gasteiger partial charge in [-0.2, -0.15) is 4.73 Å². The van der Waals surface area contributed by atoms with Gasteiger partial charge in [-0.1, -0.05) is 12.1 Å². The molecule has 0 atom stereocenters. The van der Waals surface area contributed by atoms with Crippen molar-refractivity contribution in [3.05, 3.63) is 89.8 Å². The number of nitrogens with one attached hydrogen (secondary N) is 1. The normalized spacial score (nSPS) is 10.9. The highest BCUT2D eigenvalue weighted by Gasteiger charge is 2.18. The van der Waals surface area contributed by atoms with Crippen LogP contribution in [0.2, 0.25) is 0 Å². The first kappa shape index (κ1) is 19.9. The Morgan fingerprint density at radius 1 is 1.00 bits per heavy atom. The van der Waals surface area contributed by atoms with Crippen LogP contribution >= 0.6 is 0 Å². The molecule has 0 saturated heterocycles. The number of hydrogen-bond acceptors (Lipinski definition) is 6. The average molecular weight is 442 g/mol. The third-order valence-corrected chi connectivity index (χ3v) is 5.10. The lowest BCUT2D eigenvalue weighted by Crippen LogP contribution is -2.11. The number of hydrogen-bond donors (Lipinski definition) is 3. The number of carbonyl (C=O) groups is 1. The molecule has 0 radical (unpaired) electrons. The van der Waals surface area contributed by atoms with E-state index in [1.165, 1.54) is 24.6 Å². The summed E-state index contributed by atoms with van der Waals surface area (Å²) < 4.78 is 6.08. The molecule has 0 unspecified atom stereocenters. The van der Waals surface area contributed by atoms with Crippen molar-refractivity contribution in [2.45, 2.75) is 0 Å². The highest BCUT2D eigenvalue weighted by molar-refractivity contribution is 6.04. The van der Waals surface area contributed by atoms with Crippen molar-refractivity contribution in [3.8, 4) is 22.7 Å². The Kier molecular flexibility index (Phi) is 4.79. The number of anilines is 1. The van der Waals surface area contributed by atoms with Crippen LogP contribution in [0.4, 0.5) is 11.4 Å². The van der Waals surface area contributed by atoms with Gasteiger partial charge in [0, 0.05) is 34.5 Å². The molecule has 2 heterocycles. The van der Waals surface area contributed by atoms with Gasteiger partial charge in [0.1, 0.15) is 5.52 Å². The minimum atomic E-state index is -0.286. The van der Waals surface area contributed by atoms with Gasteiger partial charge in [-0.3, -0.25) is 4.79 Å². The van der Waals surface area contributed by atoms with Gasteiger partial charge in [0.05, 0.1) is 16.6 Å². The number of rotatable bonds is 5. The van der Waals surface area contributed by atoms with E-state index in [1.807, 2.05) is 0 Å². The summed E-state index contributed by atoms with van der Waals surface area (Å²) in [4.78, 5) is 31.6. The van der Waals surface area contributed by atoms with E-state index in [1.54, 1.807) is 54.7 Å². The lowest BCUT2D eigenvalue weighted by molar-refractivity contribution is -0.729. The van der Waals surface area contributed by atoms with Crippen molar-refractivity contribution >= 4 is 28.3 Å². The molecule has 3 aromatic carbocycles. The van der Waals surface area contributed by atoms with Gasteiger partial charge in [0.25, 0.3) is 10.8 Å². The molecule has 0 saturated carbocycles. The Hall–Kier alpha value is -4.99. The SMILES string of the molecule is O=C(Nc1ccc(-c2nc3ccc([N+](=O)O)cc3n2O)cc1)c1ccc(-c2cnco2)cc1. The summed E-state index contributed by atoms with van der Waals surface area (Å²) in [7, 11) is 0. The molecule has 3 N–H and O–H groups in total. The Bertz CT molecular complexity index is 1470. The first-order valence-corrected chi connectivity index (χ1v) is 9.78. The molecule has 162 valence electrons. The first-order chi connectivity index (χ1) is 16.0. The maximum Gasteiger partial charge on any atom is 0.318 e. The summed E-state index contributed by atoms with van der Waals surface area (Å²) in [6.07, 6.45) is 2.94. The number of imidazole rings is 1. The number of fused-ring (bicyclic) bond motifs is 1. The molecule has 10 nitrogen and oxygen atoms in total. The Morgan fingerprint density at radius 3 is 2.39 bits per heavy atom. The van der Waals surface area contributed by atoms with Crippen LogP contribution in [0.5, 0.6) is 0 Å². The van der Waals surface area contributed by atoms with E-state index >= 15 is 0 Å². The molecule has 10 heteroatoms. The summed E-state index contributed by atoms with van der Waals surface area (Å²) in [5.74, 6) is 0.587. The van der Waals surface area contributed by atoms with Gasteiger partial charge in [0.15, 0.2) is 18.0 Å². The van der Waals surface area contributed by atoms with Crippen molar-refractivity contribution in [2.24, 2.45) is 0 Å². The maximum atomic E-state index is 12.6. The predicted molar refractivity (Wildman–Crippen MR) is 117 cm³/mol. The fourth-order valence-corrected chi connectivity index (χ4v) is 3.41. The zero-order valence-electron chi connectivity index (χ0n) is 16.9. The second-order valence-corrected chi connectivity index (χ2v) is 7.17. The molecular weight excluding hydrogens is 426 g/mol. The minimum Gasteiger partial charge on any atom is -0.444 e. The molecule has 0 fully saturated rings. The molecule has 0 aliphatic heterocycles. The van der Waals surface area contributed by atoms with Crippen molar-refractivity contribution in [3.63, 3.8) is 0 Å². The number of benzene rings is 3. The largest absolute Gasteiger partial charge is 0.444 e. The zero-order valence-corrected chi connectivity index (χ0v) is 16.9. The van der Waals surface area contributed by atoms with Crippen LogP contribution in [-0.4, -0.2) is 35.9 Å². The third kappa shape index (κ3) is 3.76. The van der Waals surface area contributed by atoms with E-state index in [-0.39, 0.29) is 27.9 Å². The molecule has 33 heavy (non-hydrogen) atoms. The fraction of sp³-hybridized carbons (Fsp3) is 0. The number of amides is 1. The van der Waals surface area contributed by atoms with Gasteiger partial charge in [-0.05, 0) is 42.5 Å². The third-order valence-electron chi connectivity index (χ3n) is 5.10. The van der Waals surface area contributed by atoms with Gasteiger partial charge < -0.3 is 14.9 Å². The summed E-state index contributed by atoms with van der Waals surface area (Å²) in [5.41, 5.74) is 3.13. The monoisotopic (exact) mass is 442 g/mol. The lowest BCUT2D eigenvalue weighted by atomic mass is 10.1. The van der Waals surface area contributed by atoms with Gasteiger partial charge in [-0.15, -0.1) is 0 Å². The predicted octanol–water partition coefficient (Wildman–Crippen LogP) is 4.65. The highest BCUT2D eigenvalue weighted by Crippen LogP contribution is 2.27. The van der Waals surface area contributed by atoms with Crippen molar-refractivity contribution in [2.75, 3.05) is 5.32 Å². The number of carbonyl (C=O) groups excluding carboxylic acids is 1. The van der Waals surface area contributed by atoms with Crippen LogP contribution < -0.4 is 5.32 Å². The van der Waals surface area contributed by atoms with Gasteiger partial charge in [0.2, 0.25) is 0 Å². The van der Waals surface area contributed by atoms with Gasteiger partial charge in [-0.25, -0.2) is 15.2 Å². The minimum absolute atomic E-state index is 0.0313.